The van der Waals surface area contributed by atoms with Crippen LogP contribution >= 0.6 is 11.3 Å². The fourth-order valence-electron chi connectivity index (χ4n) is 1.54. The summed E-state index contributed by atoms with van der Waals surface area (Å²) in [5.41, 5.74) is 0. The van der Waals surface area contributed by atoms with Crippen molar-refractivity contribution in [2.45, 2.75) is 39.0 Å². The van der Waals surface area contributed by atoms with Crippen LogP contribution in [0.2, 0.25) is 0 Å². The molecule has 0 fully saturated rings. The maximum atomic E-state index is 11.1. The molecule has 0 aliphatic rings. The van der Waals surface area contributed by atoms with Crippen molar-refractivity contribution in [3.63, 3.8) is 0 Å². The van der Waals surface area contributed by atoms with Crippen LogP contribution in [0.4, 0.5) is 0 Å². The lowest BCUT2D eigenvalue weighted by Gasteiger charge is -2.03. The number of rotatable bonds is 8. The van der Waals surface area contributed by atoms with Gasteiger partial charge in [0.05, 0.1) is 12.7 Å². The molecule has 98 valence electrons. The highest BCUT2D eigenvalue weighted by Gasteiger charge is 2.16. The van der Waals surface area contributed by atoms with E-state index in [1.54, 1.807) is 0 Å². The van der Waals surface area contributed by atoms with Crippen LogP contribution in [0.1, 0.15) is 47.2 Å². The Morgan fingerprint density at radius 2 is 2.33 bits per heavy atom. The minimum absolute atomic E-state index is 0.277. The average Bonchev–Trinajstić information content (AvgIpc) is 2.73. The third-order valence-electron chi connectivity index (χ3n) is 2.38. The quantitative estimate of drug-likeness (QED) is 0.732. The third-order valence-corrected chi connectivity index (χ3v) is 3.54. The molecule has 0 aromatic carbocycles. The molecule has 5 heteroatoms. The highest BCUT2D eigenvalue weighted by Crippen LogP contribution is 2.30. The van der Waals surface area contributed by atoms with Gasteiger partial charge >= 0.3 is 5.97 Å². The second kappa shape index (κ2) is 7.72. The first-order chi connectivity index (χ1) is 8.69. The van der Waals surface area contributed by atoms with E-state index < -0.39 is 5.97 Å². The Labute approximate surface area is 111 Å². The van der Waals surface area contributed by atoms with E-state index in [1.165, 1.54) is 11.3 Å². The normalized spacial score (nSPS) is 10.0. The Bertz CT molecular complexity index is 434. The van der Waals surface area contributed by atoms with Gasteiger partial charge in [-0.3, -0.25) is 0 Å². The third kappa shape index (κ3) is 4.38. The number of carbonyl (C=O) groups is 1. The monoisotopic (exact) mass is 267 g/mol. The molecule has 1 N–H and O–H groups in total. The van der Waals surface area contributed by atoms with E-state index >= 15 is 0 Å². The largest absolute Gasteiger partial charge is 0.492 e. The molecule has 0 saturated heterocycles. The molecule has 0 atom stereocenters. The van der Waals surface area contributed by atoms with Gasteiger partial charge in [0.25, 0.3) is 0 Å². The van der Waals surface area contributed by atoms with Gasteiger partial charge in [0.2, 0.25) is 0 Å². The molecule has 1 rings (SSSR count). The lowest BCUT2D eigenvalue weighted by Crippen LogP contribution is -2.01. The Morgan fingerprint density at radius 3 is 2.94 bits per heavy atom. The molecule has 0 bridgehead atoms. The summed E-state index contributed by atoms with van der Waals surface area (Å²) in [5, 5.41) is 17.5. The minimum atomic E-state index is -0.936. The number of nitriles is 1. The van der Waals surface area contributed by atoms with Gasteiger partial charge in [-0.1, -0.05) is 13.3 Å². The van der Waals surface area contributed by atoms with Gasteiger partial charge in [-0.05, 0) is 25.3 Å². The van der Waals surface area contributed by atoms with Gasteiger partial charge in [0.1, 0.15) is 5.75 Å². The van der Waals surface area contributed by atoms with Crippen LogP contribution in [0.25, 0.3) is 0 Å². The van der Waals surface area contributed by atoms with Gasteiger partial charge in [0, 0.05) is 11.3 Å². The number of thiophene rings is 1. The number of ether oxygens (including phenoxy) is 1. The van der Waals surface area contributed by atoms with Gasteiger partial charge in [-0.15, -0.1) is 11.3 Å². The first-order valence-electron chi connectivity index (χ1n) is 6.04. The molecular weight excluding hydrogens is 250 g/mol. The number of carboxylic acid groups (broad SMARTS) is 1. The Morgan fingerprint density at radius 1 is 1.56 bits per heavy atom. The van der Waals surface area contributed by atoms with Crippen LogP contribution in [0.5, 0.6) is 5.75 Å². The molecule has 1 heterocycles. The highest BCUT2D eigenvalue weighted by atomic mass is 32.1. The Balaban J connectivity index is 2.57. The molecule has 4 nitrogen and oxygen atoms in total. The second-order valence-electron chi connectivity index (χ2n) is 3.92. The van der Waals surface area contributed by atoms with Crippen LogP contribution in [-0.2, 0) is 6.42 Å². The van der Waals surface area contributed by atoms with E-state index in [1.807, 2.05) is 6.07 Å². The summed E-state index contributed by atoms with van der Waals surface area (Å²) in [7, 11) is 0. The van der Waals surface area contributed by atoms with E-state index in [-0.39, 0.29) is 4.88 Å². The van der Waals surface area contributed by atoms with Crippen molar-refractivity contribution < 1.29 is 14.6 Å². The summed E-state index contributed by atoms with van der Waals surface area (Å²) in [6.07, 6.45) is 3.93. The fraction of sp³-hybridized carbons (Fsp3) is 0.538. The van der Waals surface area contributed by atoms with Gasteiger partial charge < -0.3 is 9.84 Å². The highest BCUT2D eigenvalue weighted by molar-refractivity contribution is 7.14. The van der Waals surface area contributed by atoms with Gasteiger partial charge in [0.15, 0.2) is 4.88 Å². The topological polar surface area (TPSA) is 70.3 Å². The molecule has 0 amide bonds. The van der Waals surface area contributed by atoms with Crippen molar-refractivity contribution in [3.8, 4) is 11.8 Å². The van der Waals surface area contributed by atoms with Gasteiger partial charge in [-0.2, -0.15) is 5.26 Å². The summed E-state index contributed by atoms with van der Waals surface area (Å²) in [5.74, 6) is -0.470. The first-order valence-corrected chi connectivity index (χ1v) is 6.86. The second-order valence-corrected chi connectivity index (χ2v) is 5.06. The van der Waals surface area contributed by atoms with Crippen molar-refractivity contribution in [2.75, 3.05) is 6.61 Å². The SMILES string of the molecule is CCCc1cc(OCCCCC#N)c(C(=O)O)s1. The number of hydrogen-bond donors (Lipinski definition) is 1. The number of unbranched alkanes of at least 4 members (excludes halogenated alkanes) is 2. The number of carboxylic acids is 1. The zero-order valence-corrected chi connectivity index (χ0v) is 11.3. The molecule has 0 aliphatic heterocycles. The molecule has 0 saturated carbocycles. The van der Waals surface area contributed by atoms with Crippen LogP contribution in [0.3, 0.4) is 0 Å². The van der Waals surface area contributed by atoms with E-state index in [9.17, 15) is 4.79 Å². The van der Waals surface area contributed by atoms with Crippen molar-refractivity contribution in [2.24, 2.45) is 0 Å². The van der Waals surface area contributed by atoms with E-state index in [4.69, 9.17) is 15.1 Å². The lowest BCUT2D eigenvalue weighted by atomic mass is 10.2. The number of nitrogens with zero attached hydrogens (tertiary/aromatic N) is 1. The predicted molar refractivity (Wildman–Crippen MR) is 70.2 cm³/mol. The fourth-order valence-corrected chi connectivity index (χ4v) is 2.58. The van der Waals surface area contributed by atoms with Crippen molar-refractivity contribution in [3.05, 3.63) is 15.8 Å². The van der Waals surface area contributed by atoms with Crippen molar-refractivity contribution in [1.82, 2.24) is 0 Å². The van der Waals surface area contributed by atoms with Crippen LogP contribution < -0.4 is 4.74 Å². The van der Waals surface area contributed by atoms with Crippen LogP contribution in [0, 0.1) is 11.3 Å². The summed E-state index contributed by atoms with van der Waals surface area (Å²) < 4.78 is 5.49. The molecule has 0 unspecified atom stereocenters. The summed E-state index contributed by atoms with van der Waals surface area (Å²) in [6.45, 7) is 2.52. The predicted octanol–water partition coefficient (Wildman–Crippen LogP) is 3.47. The van der Waals surface area contributed by atoms with E-state index in [0.717, 1.165) is 30.6 Å². The Kier molecular flexibility index (Phi) is 6.23. The average molecular weight is 267 g/mol. The summed E-state index contributed by atoms with van der Waals surface area (Å²) >= 11 is 1.28. The van der Waals surface area contributed by atoms with Crippen molar-refractivity contribution in [1.29, 1.82) is 5.26 Å². The molecule has 0 radical (unpaired) electrons. The Hall–Kier alpha value is -1.54. The van der Waals surface area contributed by atoms with E-state index in [0.29, 0.717) is 18.8 Å². The molecule has 18 heavy (non-hydrogen) atoms. The summed E-state index contributed by atoms with van der Waals surface area (Å²) in [6, 6.07) is 3.89. The molecule has 1 aromatic heterocycles. The minimum Gasteiger partial charge on any atom is -0.492 e. The molecule has 0 aliphatic carbocycles. The molecule has 1 aromatic rings. The zero-order chi connectivity index (χ0) is 13.4. The zero-order valence-electron chi connectivity index (χ0n) is 10.4. The number of hydrogen-bond acceptors (Lipinski definition) is 4. The van der Waals surface area contributed by atoms with Crippen LogP contribution in [0.15, 0.2) is 6.07 Å². The van der Waals surface area contributed by atoms with Gasteiger partial charge in [-0.25, -0.2) is 4.79 Å². The number of aryl methyl sites for hydroxylation is 1. The maximum Gasteiger partial charge on any atom is 0.349 e. The lowest BCUT2D eigenvalue weighted by molar-refractivity contribution is 0.0698. The summed E-state index contributed by atoms with van der Waals surface area (Å²) in [4.78, 5) is 12.4. The van der Waals surface area contributed by atoms with Crippen molar-refractivity contribution >= 4 is 17.3 Å². The maximum absolute atomic E-state index is 11.1. The van der Waals surface area contributed by atoms with E-state index in [2.05, 4.69) is 13.0 Å². The molecular formula is C13H17NO3S. The molecule has 0 spiro atoms. The standard InChI is InChI=1S/C13H17NO3S/c1-2-6-10-9-11(12(18-10)13(15)16)17-8-5-3-4-7-14/h9H,2-6,8H2,1H3,(H,15,16). The van der Waals surface area contributed by atoms with Crippen LogP contribution in [-0.4, -0.2) is 17.7 Å². The first kappa shape index (κ1) is 14.5. The smallest absolute Gasteiger partial charge is 0.349 e. The number of aromatic carboxylic acids is 1.